The SMILES string of the molecule is Cc1cc(CN2CCN(C(=O)CCc3nc(-c4ccccn4)no3)CC2)on1. The monoisotopic (exact) mass is 382 g/mol. The summed E-state index contributed by atoms with van der Waals surface area (Å²) in [5, 5.41) is 7.84. The minimum absolute atomic E-state index is 0.104. The van der Waals surface area contributed by atoms with Gasteiger partial charge in [-0.05, 0) is 19.1 Å². The van der Waals surface area contributed by atoms with Crippen LogP contribution in [0.2, 0.25) is 0 Å². The highest BCUT2D eigenvalue weighted by molar-refractivity contribution is 5.76. The van der Waals surface area contributed by atoms with Gasteiger partial charge in [0.2, 0.25) is 17.6 Å². The molecule has 1 fully saturated rings. The Hall–Kier alpha value is -3.07. The average molecular weight is 382 g/mol. The molecule has 0 bridgehead atoms. The van der Waals surface area contributed by atoms with Gasteiger partial charge in [-0.15, -0.1) is 0 Å². The molecule has 0 aliphatic carbocycles. The molecule has 0 unspecified atom stereocenters. The van der Waals surface area contributed by atoms with Gasteiger partial charge < -0.3 is 13.9 Å². The summed E-state index contributed by atoms with van der Waals surface area (Å²) in [6.07, 6.45) is 2.46. The average Bonchev–Trinajstić information content (AvgIpc) is 3.36. The summed E-state index contributed by atoms with van der Waals surface area (Å²) in [5.74, 6) is 1.86. The van der Waals surface area contributed by atoms with Crippen LogP contribution in [0.1, 0.15) is 23.8 Å². The topological polar surface area (TPSA) is 101 Å². The van der Waals surface area contributed by atoms with Gasteiger partial charge in [0.05, 0.1) is 12.2 Å². The van der Waals surface area contributed by atoms with E-state index in [4.69, 9.17) is 9.05 Å². The van der Waals surface area contributed by atoms with E-state index in [0.717, 1.165) is 31.1 Å². The summed E-state index contributed by atoms with van der Waals surface area (Å²) in [5.41, 5.74) is 1.54. The Morgan fingerprint density at radius 2 is 2.00 bits per heavy atom. The molecular weight excluding hydrogens is 360 g/mol. The number of pyridine rings is 1. The molecule has 9 nitrogen and oxygen atoms in total. The molecule has 4 rings (SSSR count). The molecule has 0 atom stereocenters. The van der Waals surface area contributed by atoms with Crippen molar-refractivity contribution in [1.29, 1.82) is 0 Å². The van der Waals surface area contributed by atoms with Crippen molar-refractivity contribution in [1.82, 2.24) is 30.1 Å². The molecule has 1 saturated heterocycles. The van der Waals surface area contributed by atoms with Crippen LogP contribution in [0.3, 0.4) is 0 Å². The van der Waals surface area contributed by atoms with Crippen molar-refractivity contribution in [2.45, 2.75) is 26.3 Å². The Morgan fingerprint density at radius 3 is 2.71 bits per heavy atom. The second-order valence-corrected chi connectivity index (χ2v) is 6.82. The lowest BCUT2D eigenvalue weighted by molar-refractivity contribution is -0.133. The van der Waals surface area contributed by atoms with Crippen molar-refractivity contribution in [2.75, 3.05) is 26.2 Å². The van der Waals surface area contributed by atoms with Crippen LogP contribution in [0, 0.1) is 6.92 Å². The number of piperazine rings is 1. The van der Waals surface area contributed by atoms with E-state index in [1.807, 2.05) is 36.1 Å². The van der Waals surface area contributed by atoms with Crippen LogP contribution < -0.4 is 0 Å². The van der Waals surface area contributed by atoms with Crippen molar-refractivity contribution in [2.24, 2.45) is 0 Å². The van der Waals surface area contributed by atoms with Gasteiger partial charge in [0.1, 0.15) is 5.69 Å². The van der Waals surface area contributed by atoms with Gasteiger partial charge >= 0.3 is 0 Å². The van der Waals surface area contributed by atoms with E-state index in [0.29, 0.717) is 43.3 Å². The van der Waals surface area contributed by atoms with Gasteiger partial charge in [0.15, 0.2) is 5.76 Å². The first kappa shape index (κ1) is 18.3. The summed E-state index contributed by atoms with van der Waals surface area (Å²) in [6.45, 7) is 5.67. The number of hydrogen-bond acceptors (Lipinski definition) is 8. The minimum atomic E-state index is 0.104. The Balaban J connectivity index is 1.23. The van der Waals surface area contributed by atoms with E-state index in [2.05, 4.69) is 25.2 Å². The Morgan fingerprint density at radius 1 is 1.14 bits per heavy atom. The first-order valence-electron chi connectivity index (χ1n) is 9.34. The highest BCUT2D eigenvalue weighted by atomic mass is 16.5. The lowest BCUT2D eigenvalue weighted by Crippen LogP contribution is -2.48. The molecule has 28 heavy (non-hydrogen) atoms. The third-order valence-electron chi connectivity index (χ3n) is 4.70. The largest absolute Gasteiger partial charge is 0.360 e. The maximum absolute atomic E-state index is 12.5. The van der Waals surface area contributed by atoms with Gasteiger partial charge in [-0.2, -0.15) is 4.98 Å². The lowest BCUT2D eigenvalue weighted by atomic mass is 10.2. The molecule has 3 aromatic rings. The molecule has 9 heteroatoms. The smallest absolute Gasteiger partial charge is 0.227 e. The summed E-state index contributed by atoms with van der Waals surface area (Å²) in [6, 6.07) is 7.46. The zero-order chi connectivity index (χ0) is 19.3. The molecule has 4 heterocycles. The van der Waals surface area contributed by atoms with Gasteiger partial charge in [0, 0.05) is 51.3 Å². The van der Waals surface area contributed by atoms with Crippen LogP contribution in [0.25, 0.3) is 11.5 Å². The van der Waals surface area contributed by atoms with Crippen molar-refractivity contribution in [3.63, 3.8) is 0 Å². The Labute approximate surface area is 162 Å². The highest BCUT2D eigenvalue weighted by Crippen LogP contribution is 2.14. The van der Waals surface area contributed by atoms with E-state index in [1.165, 1.54) is 0 Å². The quantitative estimate of drug-likeness (QED) is 0.635. The molecule has 3 aromatic heterocycles. The number of carbonyl (C=O) groups is 1. The molecule has 1 aliphatic rings. The number of amides is 1. The molecule has 146 valence electrons. The van der Waals surface area contributed by atoms with Crippen LogP contribution in [-0.4, -0.2) is 62.2 Å². The fourth-order valence-corrected chi connectivity index (χ4v) is 3.19. The minimum Gasteiger partial charge on any atom is -0.360 e. The van der Waals surface area contributed by atoms with Crippen molar-refractivity contribution < 1.29 is 13.8 Å². The predicted molar refractivity (Wildman–Crippen MR) is 98.9 cm³/mol. The normalized spacial score (nSPS) is 15.1. The third-order valence-corrected chi connectivity index (χ3v) is 4.70. The number of rotatable bonds is 6. The fourth-order valence-electron chi connectivity index (χ4n) is 3.19. The zero-order valence-electron chi connectivity index (χ0n) is 15.7. The standard InChI is InChI=1S/C19H22N6O3/c1-14-12-15(27-22-14)13-24-8-10-25(11-9-24)18(26)6-5-17-21-19(23-28-17)16-4-2-3-7-20-16/h2-4,7,12H,5-6,8-11,13H2,1H3. The van der Waals surface area contributed by atoms with Crippen molar-refractivity contribution >= 4 is 5.91 Å². The van der Waals surface area contributed by atoms with Crippen LogP contribution in [0.5, 0.6) is 0 Å². The first-order valence-corrected chi connectivity index (χ1v) is 9.34. The zero-order valence-corrected chi connectivity index (χ0v) is 15.7. The highest BCUT2D eigenvalue weighted by Gasteiger charge is 2.22. The number of hydrogen-bond donors (Lipinski definition) is 0. The first-order chi connectivity index (χ1) is 13.7. The second kappa shape index (κ2) is 8.30. The number of carbonyl (C=O) groups excluding carboxylic acids is 1. The fraction of sp³-hybridized carbons (Fsp3) is 0.421. The van der Waals surface area contributed by atoms with E-state index >= 15 is 0 Å². The molecule has 0 N–H and O–H groups in total. The van der Waals surface area contributed by atoms with E-state index in [9.17, 15) is 4.79 Å². The molecule has 0 aromatic carbocycles. The van der Waals surface area contributed by atoms with Gasteiger partial charge in [-0.25, -0.2) is 0 Å². The summed E-state index contributed by atoms with van der Waals surface area (Å²) < 4.78 is 10.5. The second-order valence-electron chi connectivity index (χ2n) is 6.82. The summed E-state index contributed by atoms with van der Waals surface area (Å²) in [7, 11) is 0. The molecular formula is C19H22N6O3. The molecule has 0 spiro atoms. The van der Waals surface area contributed by atoms with Crippen LogP contribution in [-0.2, 0) is 17.8 Å². The number of aromatic nitrogens is 4. The van der Waals surface area contributed by atoms with Gasteiger partial charge in [-0.3, -0.25) is 14.7 Å². The molecule has 1 amide bonds. The van der Waals surface area contributed by atoms with Crippen molar-refractivity contribution in [3.05, 3.63) is 47.8 Å². The van der Waals surface area contributed by atoms with E-state index in [1.54, 1.807) is 6.20 Å². The molecule has 0 saturated carbocycles. The van der Waals surface area contributed by atoms with E-state index in [-0.39, 0.29) is 5.91 Å². The van der Waals surface area contributed by atoms with Crippen molar-refractivity contribution in [3.8, 4) is 11.5 Å². The van der Waals surface area contributed by atoms with Crippen LogP contribution in [0.15, 0.2) is 39.5 Å². The maximum atomic E-state index is 12.5. The predicted octanol–water partition coefficient (Wildman–Crippen LogP) is 1.71. The Kier molecular flexibility index (Phi) is 5.43. The lowest BCUT2D eigenvalue weighted by Gasteiger charge is -2.34. The molecule has 1 aliphatic heterocycles. The van der Waals surface area contributed by atoms with Crippen LogP contribution in [0.4, 0.5) is 0 Å². The number of nitrogens with zero attached hydrogens (tertiary/aromatic N) is 6. The van der Waals surface area contributed by atoms with Gasteiger partial charge in [-0.1, -0.05) is 16.4 Å². The number of aryl methyl sites for hydroxylation is 2. The van der Waals surface area contributed by atoms with Crippen LogP contribution >= 0.6 is 0 Å². The molecule has 0 radical (unpaired) electrons. The summed E-state index contributed by atoms with van der Waals surface area (Å²) in [4.78, 5) is 25.2. The Bertz CT molecular complexity index is 915. The van der Waals surface area contributed by atoms with Gasteiger partial charge in [0.25, 0.3) is 0 Å². The maximum Gasteiger partial charge on any atom is 0.227 e. The van der Waals surface area contributed by atoms with E-state index < -0.39 is 0 Å². The summed E-state index contributed by atoms with van der Waals surface area (Å²) >= 11 is 0. The third kappa shape index (κ3) is 4.42.